The van der Waals surface area contributed by atoms with Crippen molar-refractivity contribution in [2.45, 2.75) is 90.0 Å². The summed E-state index contributed by atoms with van der Waals surface area (Å²) in [7, 11) is 0. The summed E-state index contributed by atoms with van der Waals surface area (Å²) >= 11 is 0. The molecule has 3 atom stereocenters. The van der Waals surface area contributed by atoms with Crippen molar-refractivity contribution in [1.82, 2.24) is 4.81 Å². The van der Waals surface area contributed by atoms with E-state index < -0.39 is 0 Å². The van der Waals surface area contributed by atoms with Gasteiger partial charge < -0.3 is 4.81 Å². The summed E-state index contributed by atoms with van der Waals surface area (Å²) in [6.45, 7) is 13.9. The van der Waals surface area contributed by atoms with Crippen LogP contribution in [0.5, 0.6) is 0 Å². The fraction of sp³-hybridized carbons (Fsp3) is 0.500. The van der Waals surface area contributed by atoms with Gasteiger partial charge in [-0.2, -0.15) is 0 Å². The van der Waals surface area contributed by atoms with Gasteiger partial charge in [0, 0.05) is 12.0 Å². The highest BCUT2D eigenvalue weighted by Gasteiger charge is 2.46. The molecule has 0 spiro atoms. The molecule has 0 saturated carbocycles. The molecule has 30 heavy (non-hydrogen) atoms. The van der Waals surface area contributed by atoms with Crippen LogP contribution in [0.25, 0.3) is 5.47 Å². The molecule has 0 bridgehead atoms. The van der Waals surface area contributed by atoms with Gasteiger partial charge in [0.1, 0.15) is 0 Å². The molecule has 3 aliphatic rings. The van der Waals surface area contributed by atoms with Crippen LogP contribution in [0.4, 0.5) is 0 Å². The van der Waals surface area contributed by atoms with E-state index in [4.69, 9.17) is 0 Å². The van der Waals surface area contributed by atoms with E-state index in [2.05, 4.69) is 87.7 Å². The molecule has 158 valence electrons. The van der Waals surface area contributed by atoms with E-state index in [1.165, 1.54) is 43.2 Å². The van der Waals surface area contributed by atoms with E-state index in [9.17, 15) is 0 Å². The van der Waals surface area contributed by atoms with Crippen molar-refractivity contribution in [1.29, 1.82) is 0 Å². The first kappa shape index (κ1) is 21.4. The topological polar surface area (TPSA) is 3.24 Å². The maximum Gasteiger partial charge on any atom is 0.269 e. The largest absolute Gasteiger partial charge is 0.329 e. The number of benzene rings is 1. The fourth-order valence-corrected chi connectivity index (χ4v) is 6.04. The first-order chi connectivity index (χ1) is 14.6. The second kappa shape index (κ2) is 9.14. The van der Waals surface area contributed by atoms with E-state index in [1.54, 1.807) is 16.6 Å². The van der Waals surface area contributed by atoms with Crippen LogP contribution in [0, 0.1) is 0 Å². The Bertz CT molecular complexity index is 875. The van der Waals surface area contributed by atoms with Crippen LogP contribution in [0.3, 0.4) is 0 Å². The summed E-state index contributed by atoms with van der Waals surface area (Å²) in [5.41, 5.74) is 7.71. The smallest absolute Gasteiger partial charge is 0.269 e. The van der Waals surface area contributed by atoms with Crippen molar-refractivity contribution < 1.29 is 0 Å². The molecule has 3 unspecified atom stereocenters. The van der Waals surface area contributed by atoms with Crippen molar-refractivity contribution in [2.24, 2.45) is 0 Å². The molecule has 1 aliphatic heterocycles. The Labute approximate surface area is 184 Å². The van der Waals surface area contributed by atoms with Gasteiger partial charge in [-0.25, -0.2) is 0 Å². The molecular weight excluding hydrogens is 361 g/mol. The molecule has 2 aliphatic carbocycles. The second-order valence-electron chi connectivity index (χ2n) is 9.71. The van der Waals surface area contributed by atoms with Crippen molar-refractivity contribution in [3.8, 4) is 0 Å². The first-order valence-electron chi connectivity index (χ1n) is 12.2. The molecule has 2 heteroatoms. The number of allylic oxidation sites excluding steroid dienone is 6. The van der Waals surface area contributed by atoms with Gasteiger partial charge in [-0.3, -0.25) is 0 Å². The molecule has 0 amide bonds. The summed E-state index contributed by atoms with van der Waals surface area (Å²) in [6, 6.07) is 7.93. The third-order valence-corrected chi connectivity index (χ3v) is 7.37. The lowest BCUT2D eigenvalue weighted by molar-refractivity contribution is 0.289. The Morgan fingerprint density at radius 2 is 1.93 bits per heavy atom. The van der Waals surface area contributed by atoms with Gasteiger partial charge in [0.05, 0.1) is 0 Å². The minimum absolute atomic E-state index is 0.438. The molecule has 0 saturated heterocycles. The first-order valence-corrected chi connectivity index (χ1v) is 12.2. The van der Waals surface area contributed by atoms with Crippen molar-refractivity contribution >= 4 is 12.3 Å². The predicted octanol–water partition coefficient (Wildman–Crippen LogP) is 7.90. The van der Waals surface area contributed by atoms with Gasteiger partial charge >= 0.3 is 0 Å². The third kappa shape index (κ3) is 3.80. The van der Waals surface area contributed by atoms with E-state index in [1.807, 2.05) is 0 Å². The Hall–Kier alpha value is -1.80. The van der Waals surface area contributed by atoms with Gasteiger partial charge in [0.15, 0.2) is 0 Å². The highest BCUT2D eigenvalue weighted by molar-refractivity contribution is 6.79. The maximum atomic E-state index is 4.03. The Balaban J connectivity index is 1.69. The van der Waals surface area contributed by atoms with Gasteiger partial charge in [-0.15, -0.1) is 6.58 Å². The summed E-state index contributed by atoms with van der Waals surface area (Å²) in [5.74, 6) is 0.961. The van der Waals surface area contributed by atoms with Crippen LogP contribution < -0.4 is 0 Å². The Morgan fingerprint density at radius 1 is 1.13 bits per heavy atom. The van der Waals surface area contributed by atoms with Gasteiger partial charge in [0.25, 0.3) is 6.85 Å². The molecule has 0 aromatic heterocycles. The van der Waals surface area contributed by atoms with Crippen LogP contribution in [0.2, 0.25) is 5.82 Å². The standard InChI is InChI=1S/C28H38BN/c1-6-8-9-10-13-22-16-17-24(18-22)29-27-19-23(12-7-2)26-15-11-14-25(28(26)27)21(5)30(29)20(3)4/h7,11,14-21,23-24H,2,6,8-10,12-13H2,1,3-5H3. The quantitative estimate of drug-likeness (QED) is 0.232. The second-order valence-corrected chi connectivity index (χ2v) is 9.71. The minimum Gasteiger partial charge on any atom is -0.329 e. The number of unbranched alkanes of at least 4 members (excludes halogenated alkanes) is 3. The van der Waals surface area contributed by atoms with Crippen LogP contribution in [0.1, 0.15) is 94.9 Å². The number of hydrogen-bond donors (Lipinski definition) is 0. The third-order valence-electron chi connectivity index (χ3n) is 7.37. The van der Waals surface area contributed by atoms with Crippen molar-refractivity contribution in [2.75, 3.05) is 0 Å². The summed E-state index contributed by atoms with van der Waals surface area (Å²) in [6.07, 6.45) is 19.7. The van der Waals surface area contributed by atoms with Crippen LogP contribution in [-0.2, 0) is 0 Å². The lowest BCUT2D eigenvalue weighted by atomic mass is 9.41. The summed E-state index contributed by atoms with van der Waals surface area (Å²) < 4.78 is 0. The molecule has 1 heterocycles. The summed E-state index contributed by atoms with van der Waals surface area (Å²) in [4.78, 5) is 2.76. The van der Waals surface area contributed by atoms with Crippen LogP contribution in [-0.4, -0.2) is 17.7 Å². The molecule has 0 radical (unpaired) electrons. The number of hydrogen-bond acceptors (Lipinski definition) is 1. The number of rotatable bonds is 9. The highest BCUT2D eigenvalue weighted by Crippen LogP contribution is 2.51. The summed E-state index contributed by atoms with van der Waals surface area (Å²) in [5, 5.41) is 0. The van der Waals surface area contributed by atoms with E-state index in [-0.39, 0.29) is 0 Å². The average molecular weight is 399 g/mol. The van der Waals surface area contributed by atoms with Gasteiger partial charge in [0.2, 0.25) is 0 Å². The average Bonchev–Trinajstić information content (AvgIpc) is 3.34. The fourth-order valence-electron chi connectivity index (χ4n) is 6.04. The van der Waals surface area contributed by atoms with Crippen LogP contribution in [0.15, 0.2) is 60.7 Å². The minimum atomic E-state index is 0.438. The van der Waals surface area contributed by atoms with E-state index >= 15 is 0 Å². The Kier molecular flexibility index (Phi) is 6.53. The highest BCUT2D eigenvalue weighted by atomic mass is 15.1. The molecule has 0 N–H and O–H groups in total. The van der Waals surface area contributed by atoms with Gasteiger partial charge in [-0.05, 0) is 54.7 Å². The molecule has 0 fully saturated rings. The molecular formula is C28H38BN. The molecule has 1 aromatic rings. The van der Waals surface area contributed by atoms with Crippen molar-refractivity contribution in [3.05, 3.63) is 77.4 Å². The van der Waals surface area contributed by atoms with Crippen molar-refractivity contribution in [3.63, 3.8) is 0 Å². The Morgan fingerprint density at radius 3 is 2.67 bits per heavy atom. The monoisotopic (exact) mass is 399 g/mol. The van der Waals surface area contributed by atoms with E-state index in [0.29, 0.717) is 30.7 Å². The molecule has 1 nitrogen and oxygen atoms in total. The van der Waals surface area contributed by atoms with Crippen LogP contribution >= 0.6 is 0 Å². The van der Waals surface area contributed by atoms with E-state index in [0.717, 1.165) is 6.42 Å². The normalized spacial score (nSPS) is 25.0. The zero-order valence-electron chi connectivity index (χ0n) is 19.4. The van der Waals surface area contributed by atoms with Gasteiger partial charge in [-0.1, -0.05) is 99.7 Å². The lowest BCUT2D eigenvalue weighted by Crippen LogP contribution is -2.51. The zero-order valence-corrected chi connectivity index (χ0v) is 19.4. The zero-order chi connectivity index (χ0) is 21.3. The molecule has 1 aromatic carbocycles. The maximum absolute atomic E-state index is 4.03. The number of nitrogens with zero attached hydrogens (tertiary/aromatic N) is 1. The molecule has 4 rings (SSSR count). The SMILES string of the molecule is C=CCC1C=C2B(C3C=CC(CCCCCC)=C3)N(C(C)C)C(C)c3cccc1c32. The lowest BCUT2D eigenvalue weighted by Gasteiger charge is -2.45. The predicted molar refractivity (Wildman–Crippen MR) is 133 cm³/mol.